The number of nitrogens with one attached hydrogen (secondary N) is 2. The van der Waals surface area contributed by atoms with Crippen molar-refractivity contribution in [2.75, 3.05) is 0 Å². The molecule has 0 amide bonds. The summed E-state index contributed by atoms with van der Waals surface area (Å²) in [6.07, 6.45) is 2.67. The van der Waals surface area contributed by atoms with Crippen molar-refractivity contribution < 1.29 is 9.53 Å². The zero-order chi connectivity index (χ0) is 17.5. The summed E-state index contributed by atoms with van der Waals surface area (Å²) in [5.41, 5.74) is 0.234. The third-order valence-electron chi connectivity index (χ3n) is 4.43. The number of ether oxygens (including phenoxy) is 1. The second-order valence-corrected chi connectivity index (χ2v) is 7.91. The zero-order valence-corrected chi connectivity index (χ0v) is 14.6. The van der Waals surface area contributed by atoms with Crippen LogP contribution in [0.15, 0.2) is 35.3 Å². The van der Waals surface area contributed by atoms with Crippen LogP contribution in [-0.4, -0.2) is 28.1 Å². The molecule has 0 radical (unpaired) electrons. The van der Waals surface area contributed by atoms with Gasteiger partial charge in [-0.05, 0) is 39.8 Å². The summed E-state index contributed by atoms with van der Waals surface area (Å²) in [5.74, 6) is -0.555. The Morgan fingerprint density at radius 3 is 2.42 bits per heavy atom. The Morgan fingerprint density at radius 1 is 1.12 bits per heavy atom. The average molecular weight is 328 g/mol. The van der Waals surface area contributed by atoms with Crippen molar-refractivity contribution in [1.29, 1.82) is 0 Å². The van der Waals surface area contributed by atoms with Crippen molar-refractivity contribution >= 4 is 16.9 Å². The van der Waals surface area contributed by atoms with E-state index >= 15 is 0 Å². The molecule has 128 valence electrons. The molecule has 1 aromatic heterocycles. The molecule has 1 fully saturated rings. The van der Waals surface area contributed by atoms with Crippen LogP contribution < -0.4 is 10.7 Å². The minimum atomic E-state index is -0.555. The number of H-pyrrole nitrogens is 1. The van der Waals surface area contributed by atoms with Gasteiger partial charge in [0, 0.05) is 41.0 Å². The van der Waals surface area contributed by atoms with E-state index in [0.29, 0.717) is 23.7 Å². The fraction of sp³-hybridized carbons (Fsp3) is 0.474. The molecule has 1 saturated heterocycles. The van der Waals surface area contributed by atoms with Gasteiger partial charge in [0.25, 0.3) is 0 Å². The number of esters is 1. The van der Waals surface area contributed by atoms with E-state index in [1.165, 1.54) is 6.20 Å². The van der Waals surface area contributed by atoms with E-state index < -0.39 is 5.97 Å². The number of aromatic nitrogens is 1. The maximum absolute atomic E-state index is 12.5. The number of fused-ring (bicyclic) bond motifs is 1. The highest BCUT2D eigenvalue weighted by atomic mass is 16.5. The van der Waals surface area contributed by atoms with Gasteiger partial charge in [0.1, 0.15) is 11.7 Å². The predicted molar refractivity (Wildman–Crippen MR) is 94.3 cm³/mol. The molecule has 5 nitrogen and oxygen atoms in total. The lowest BCUT2D eigenvalue weighted by molar-refractivity contribution is -0.00650. The van der Waals surface area contributed by atoms with Gasteiger partial charge in [0.15, 0.2) is 0 Å². The number of pyridine rings is 1. The summed E-state index contributed by atoms with van der Waals surface area (Å²) < 4.78 is 5.68. The lowest BCUT2D eigenvalue weighted by Gasteiger charge is -2.45. The van der Waals surface area contributed by atoms with Gasteiger partial charge >= 0.3 is 5.97 Å². The van der Waals surface area contributed by atoms with Crippen LogP contribution >= 0.6 is 0 Å². The second-order valence-electron chi connectivity index (χ2n) is 7.91. The third-order valence-corrected chi connectivity index (χ3v) is 4.43. The third kappa shape index (κ3) is 3.36. The molecule has 0 bridgehead atoms. The normalized spacial score (nSPS) is 20.0. The molecule has 5 heteroatoms. The fourth-order valence-corrected chi connectivity index (χ4v) is 3.85. The highest BCUT2D eigenvalue weighted by Crippen LogP contribution is 2.30. The van der Waals surface area contributed by atoms with Crippen molar-refractivity contribution in [2.45, 2.75) is 57.7 Å². The van der Waals surface area contributed by atoms with Gasteiger partial charge in [-0.1, -0.05) is 12.1 Å². The van der Waals surface area contributed by atoms with Gasteiger partial charge < -0.3 is 15.0 Å². The highest BCUT2D eigenvalue weighted by Gasteiger charge is 2.39. The number of benzene rings is 1. The first kappa shape index (κ1) is 16.7. The number of carbonyl (C=O) groups excluding carboxylic acids is 1. The molecule has 0 atom stereocenters. The summed E-state index contributed by atoms with van der Waals surface area (Å²) in [6.45, 7) is 8.38. The quantitative estimate of drug-likeness (QED) is 0.832. The summed E-state index contributed by atoms with van der Waals surface area (Å²) in [5, 5.41) is 4.05. The minimum Gasteiger partial charge on any atom is -0.458 e. The van der Waals surface area contributed by atoms with Crippen LogP contribution in [0.1, 0.15) is 50.9 Å². The van der Waals surface area contributed by atoms with Crippen LogP contribution in [0.25, 0.3) is 10.9 Å². The molecular formula is C19H24N2O3. The van der Waals surface area contributed by atoms with E-state index in [1.807, 2.05) is 12.1 Å². The van der Waals surface area contributed by atoms with Crippen molar-refractivity contribution in [1.82, 2.24) is 10.3 Å². The Labute approximate surface area is 141 Å². The predicted octanol–water partition coefficient (Wildman–Crippen LogP) is 2.99. The number of para-hydroxylation sites is 1. The molecule has 2 aromatic rings. The fourth-order valence-electron chi connectivity index (χ4n) is 3.85. The second kappa shape index (κ2) is 5.74. The molecule has 0 saturated carbocycles. The summed E-state index contributed by atoms with van der Waals surface area (Å²) in [6, 6.07) is 7.14. The average Bonchev–Trinajstić information content (AvgIpc) is 2.44. The van der Waals surface area contributed by atoms with E-state index in [4.69, 9.17) is 4.74 Å². The maximum Gasteiger partial charge on any atom is 0.343 e. The molecule has 1 aliphatic rings. The SMILES string of the molecule is CC1(C)CC(OC(=O)c2c[nH]c3ccccc3c2=O)CC(C)(C)N1. The maximum atomic E-state index is 12.5. The largest absolute Gasteiger partial charge is 0.458 e. The Balaban J connectivity index is 1.85. The molecule has 3 rings (SSSR count). The molecule has 0 spiro atoms. The van der Waals surface area contributed by atoms with Crippen LogP contribution in [-0.2, 0) is 4.74 Å². The standard InChI is InChI=1S/C19H24N2O3/c1-18(2)9-12(10-19(3,4)21-18)24-17(23)14-11-20-15-8-6-5-7-13(15)16(14)22/h5-8,11-12,21H,9-10H2,1-4H3,(H,20,22). The highest BCUT2D eigenvalue weighted by molar-refractivity contribution is 5.93. The smallest absolute Gasteiger partial charge is 0.343 e. The van der Waals surface area contributed by atoms with Crippen LogP contribution in [0, 0.1) is 0 Å². The van der Waals surface area contributed by atoms with Crippen LogP contribution in [0.5, 0.6) is 0 Å². The topological polar surface area (TPSA) is 71.2 Å². The van der Waals surface area contributed by atoms with Crippen molar-refractivity contribution in [3.8, 4) is 0 Å². The number of carbonyl (C=O) groups is 1. The van der Waals surface area contributed by atoms with E-state index in [0.717, 1.165) is 0 Å². The van der Waals surface area contributed by atoms with Gasteiger partial charge in [-0.15, -0.1) is 0 Å². The molecule has 1 aliphatic heterocycles. The molecule has 0 unspecified atom stereocenters. The summed E-state index contributed by atoms with van der Waals surface area (Å²) in [7, 11) is 0. The van der Waals surface area contributed by atoms with E-state index in [2.05, 4.69) is 38.0 Å². The first-order valence-electron chi connectivity index (χ1n) is 8.28. The molecule has 24 heavy (non-hydrogen) atoms. The van der Waals surface area contributed by atoms with Gasteiger partial charge in [-0.3, -0.25) is 4.79 Å². The Bertz CT molecular complexity index is 820. The number of hydrogen-bond donors (Lipinski definition) is 2. The van der Waals surface area contributed by atoms with Gasteiger partial charge in [-0.2, -0.15) is 0 Å². The Morgan fingerprint density at radius 2 is 1.75 bits per heavy atom. The number of aromatic amines is 1. The zero-order valence-electron chi connectivity index (χ0n) is 14.6. The molecule has 0 aliphatic carbocycles. The number of piperidine rings is 1. The number of hydrogen-bond acceptors (Lipinski definition) is 4. The number of rotatable bonds is 2. The van der Waals surface area contributed by atoms with Crippen molar-refractivity contribution in [3.63, 3.8) is 0 Å². The van der Waals surface area contributed by atoms with Crippen LogP contribution in [0.2, 0.25) is 0 Å². The molecule has 2 N–H and O–H groups in total. The molecular weight excluding hydrogens is 304 g/mol. The lowest BCUT2D eigenvalue weighted by Crippen LogP contribution is -2.59. The molecule has 1 aromatic carbocycles. The van der Waals surface area contributed by atoms with Crippen molar-refractivity contribution in [2.24, 2.45) is 0 Å². The van der Waals surface area contributed by atoms with Gasteiger partial charge in [-0.25, -0.2) is 4.79 Å². The lowest BCUT2D eigenvalue weighted by atomic mass is 9.81. The van der Waals surface area contributed by atoms with E-state index in [9.17, 15) is 9.59 Å². The minimum absolute atomic E-state index is 0.0582. The van der Waals surface area contributed by atoms with E-state index in [-0.39, 0.29) is 28.2 Å². The first-order chi connectivity index (χ1) is 11.2. The first-order valence-corrected chi connectivity index (χ1v) is 8.28. The van der Waals surface area contributed by atoms with Gasteiger partial charge in [0.05, 0.1) is 0 Å². The van der Waals surface area contributed by atoms with E-state index in [1.54, 1.807) is 12.1 Å². The molecule has 2 heterocycles. The monoisotopic (exact) mass is 328 g/mol. The van der Waals surface area contributed by atoms with Gasteiger partial charge in [0.2, 0.25) is 5.43 Å². The van der Waals surface area contributed by atoms with Crippen molar-refractivity contribution in [3.05, 3.63) is 46.2 Å². The summed E-state index contributed by atoms with van der Waals surface area (Å²) >= 11 is 0. The van der Waals surface area contributed by atoms with Crippen LogP contribution in [0.4, 0.5) is 0 Å². The Kier molecular flexibility index (Phi) is 4.00. The Hall–Kier alpha value is -2.14. The van der Waals surface area contributed by atoms with Crippen LogP contribution in [0.3, 0.4) is 0 Å². The summed E-state index contributed by atoms with van der Waals surface area (Å²) in [4.78, 5) is 28.1.